The van der Waals surface area contributed by atoms with Gasteiger partial charge in [-0.05, 0) is 12.1 Å². The second-order valence-corrected chi connectivity index (χ2v) is 6.79. The zero-order valence-corrected chi connectivity index (χ0v) is 14.4. The first kappa shape index (κ1) is 16.6. The Morgan fingerprint density at radius 1 is 1.38 bits per heavy atom. The first-order chi connectivity index (χ1) is 11.6. The molecule has 0 atom stereocenters. The van der Waals surface area contributed by atoms with E-state index in [1.165, 1.54) is 24.5 Å². The predicted octanol–water partition coefficient (Wildman–Crippen LogP) is 2.26. The van der Waals surface area contributed by atoms with Crippen molar-refractivity contribution in [3.8, 4) is 0 Å². The molecular formula is C15H14N4O3S2. The maximum absolute atomic E-state index is 12.0. The number of H-pyrrole nitrogens is 1. The van der Waals surface area contributed by atoms with Gasteiger partial charge in [0, 0.05) is 13.2 Å². The highest BCUT2D eigenvalue weighted by Crippen LogP contribution is 2.25. The molecule has 2 N–H and O–H groups in total. The molecular weight excluding hydrogens is 348 g/mol. The van der Waals surface area contributed by atoms with Crippen LogP contribution in [0.2, 0.25) is 0 Å². The van der Waals surface area contributed by atoms with Gasteiger partial charge in [0.1, 0.15) is 0 Å². The van der Waals surface area contributed by atoms with Crippen molar-refractivity contribution in [3.63, 3.8) is 0 Å². The number of hydrogen-bond donors (Lipinski definition) is 2. The number of nitrogens with one attached hydrogen (secondary N) is 2. The molecule has 0 aliphatic carbocycles. The lowest BCUT2D eigenvalue weighted by Gasteiger charge is -2.03. The lowest BCUT2D eigenvalue weighted by atomic mass is 10.3. The van der Waals surface area contributed by atoms with Crippen molar-refractivity contribution >= 4 is 44.4 Å². The van der Waals surface area contributed by atoms with Crippen molar-refractivity contribution in [1.29, 1.82) is 0 Å². The van der Waals surface area contributed by atoms with Crippen LogP contribution in [0.25, 0.3) is 10.2 Å². The van der Waals surface area contributed by atoms with E-state index in [-0.39, 0.29) is 23.8 Å². The van der Waals surface area contributed by atoms with E-state index in [4.69, 9.17) is 4.74 Å². The monoisotopic (exact) mass is 362 g/mol. The number of thiazole rings is 1. The van der Waals surface area contributed by atoms with E-state index in [1.54, 1.807) is 0 Å². The minimum Gasteiger partial charge on any atom is -0.378 e. The molecule has 0 saturated heterocycles. The molecule has 0 fully saturated rings. The molecule has 0 bridgehead atoms. The van der Waals surface area contributed by atoms with Gasteiger partial charge in [0.05, 0.1) is 28.3 Å². The maximum Gasteiger partial charge on any atom is 0.251 e. The number of rotatable bonds is 6. The summed E-state index contributed by atoms with van der Waals surface area (Å²) in [5, 5.41) is 3.69. The van der Waals surface area contributed by atoms with E-state index < -0.39 is 0 Å². The molecule has 2 heterocycles. The van der Waals surface area contributed by atoms with E-state index >= 15 is 0 Å². The van der Waals surface area contributed by atoms with Gasteiger partial charge in [-0.2, -0.15) is 0 Å². The number of aromatic nitrogens is 3. The topological polar surface area (TPSA) is 97.0 Å². The minimum absolute atomic E-state index is 0.120. The molecule has 0 saturated carbocycles. The van der Waals surface area contributed by atoms with Crippen LogP contribution in [-0.2, 0) is 16.1 Å². The number of amides is 1. The molecule has 3 rings (SSSR count). The van der Waals surface area contributed by atoms with Crippen LogP contribution in [0.3, 0.4) is 0 Å². The molecule has 0 radical (unpaired) electrons. The summed E-state index contributed by atoms with van der Waals surface area (Å²) in [5.41, 5.74) is 1.10. The molecule has 0 aliphatic heterocycles. The lowest BCUT2D eigenvalue weighted by Crippen LogP contribution is -2.15. The Balaban J connectivity index is 1.62. The molecule has 0 aliphatic rings. The smallest absolute Gasteiger partial charge is 0.251 e. The number of fused-ring (bicyclic) bond motifs is 1. The van der Waals surface area contributed by atoms with Gasteiger partial charge in [-0.25, -0.2) is 9.97 Å². The van der Waals surface area contributed by atoms with Crippen molar-refractivity contribution in [2.75, 3.05) is 18.2 Å². The Kier molecular flexibility index (Phi) is 5.24. The Morgan fingerprint density at radius 3 is 3.00 bits per heavy atom. The first-order valence-electron chi connectivity index (χ1n) is 7.01. The average Bonchev–Trinajstić information content (AvgIpc) is 2.95. The Morgan fingerprint density at radius 2 is 2.21 bits per heavy atom. The number of carbonyl (C=O) groups excluding carboxylic acids is 1. The Bertz CT molecular complexity index is 889. The van der Waals surface area contributed by atoms with Crippen LogP contribution in [0.4, 0.5) is 5.13 Å². The number of benzene rings is 1. The number of thioether (sulfide) groups is 1. The van der Waals surface area contributed by atoms with Gasteiger partial charge in [-0.15, -0.1) is 0 Å². The van der Waals surface area contributed by atoms with E-state index in [9.17, 15) is 9.59 Å². The molecule has 124 valence electrons. The minimum atomic E-state index is -0.272. The van der Waals surface area contributed by atoms with E-state index in [1.807, 2.05) is 24.3 Å². The van der Waals surface area contributed by atoms with Gasteiger partial charge < -0.3 is 15.0 Å². The van der Waals surface area contributed by atoms with Gasteiger partial charge in [0.2, 0.25) is 5.91 Å². The summed E-state index contributed by atoms with van der Waals surface area (Å²) in [6.45, 7) is 0.245. The molecule has 7 nitrogen and oxygen atoms in total. The third-order valence-corrected chi connectivity index (χ3v) is 4.77. The molecule has 2 aromatic heterocycles. The van der Waals surface area contributed by atoms with E-state index in [0.29, 0.717) is 16.0 Å². The largest absolute Gasteiger partial charge is 0.378 e. The SMILES string of the molecule is COCc1cc(=O)[nH]c(SCC(=O)Nc2nc3ccccc3s2)n1. The van der Waals surface area contributed by atoms with E-state index in [2.05, 4.69) is 20.3 Å². The zero-order chi connectivity index (χ0) is 16.9. The number of hydrogen-bond acceptors (Lipinski definition) is 7. The van der Waals surface area contributed by atoms with Crippen LogP contribution in [0.1, 0.15) is 5.69 Å². The Labute approximate surface area is 145 Å². The van der Waals surface area contributed by atoms with Crippen molar-refractivity contribution in [1.82, 2.24) is 15.0 Å². The summed E-state index contributed by atoms with van der Waals surface area (Å²) >= 11 is 2.57. The van der Waals surface area contributed by atoms with Crippen LogP contribution in [0.15, 0.2) is 40.3 Å². The number of aromatic amines is 1. The predicted molar refractivity (Wildman–Crippen MR) is 94.5 cm³/mol. The maximum atomic E-state index is 12.0. The standard InChI is InChI=1S/C15H14N4O3S2/c1-22-7-9-6-12(20)18-14(16-9)23-8-13(21)19-15-17-10-4-2-3-5-11(10)24-15/h2-6H,7-8H2,1H3,(H,16,18,20)(H,17,19,21). The van der Waals surface area contributed by atoms with Crippen LogP contribution in [0, 0.1) is 0 Å². The fraction of sp³-hybridized carbons (Fsp3) is 0.200. The summed E-state index contributed by atoms with van der Waals surface area (Å²) < 4.78 is 5.97. The first-order valence-corrected chi connectivity index (χ1v) is 8.81. The molecule has 9 heteroatoms. The van der Waals surface area contributed by atoms with Gasteiger partial charge in [0.15, 0.2) is 10.3 Å². The number of nitrogens with zero attached hydrogens (tertiary/aromatic N) is 2. The van der Waals surface area contributed by atoms with Gasteiger partial charge >= 0.3 is 0 Å². The number of methoxy groups -OCH3 is 1. The third kappa shape index (κ3) is 4.19. The zero-order valence-electron chi connectivity index (χ0n) is 12.7. The van der Waals surface area contributed by atoms with Crippen molar-refractivity contribution in [2.24, 2.45) is 0 Å². The molecule has 1 amide bonds. The van der Waals surface area contributed by atoms with Gasteiger partial charge in [-0.1, -0.05) is 35.2 Å². The van der Waals surface area contributed by atoms with Gasteiger partial charge in [-0.3, -0.25) is 9.59 Å². The number of ether oxygens (including phenoxy) is 1. The van der Waals surface area contributed by atoms with Crippen molar-refractivity contribution in [3.05, 3.63) is 46.4 Å². The fourth-order valence-corrected chi connectivity index (χ4v) is 3.57. The summed E-state index contributed by atoms with van der Waals surface area (Å²) in [5.74, 6) is -0.0891. The molecule has 24 heavy (non-hydrogen) atoms. The molecule has 0 unspecified atom stereocenters. The summed E-state index contributed by atoms with van der Waals surface area (Å²) in [6.07, 6.45) is 0. The van der Waals surface area contributed by atoms with Gasteiger partial charge in [0.25, 0.3) is 5.56 Å². The summed E-state index contributed by atoms with van der Waals surface area (Å²) in [7, 11) is 1.53. The third-order valence-electron chi connectivity index (χ3n) is 2.95. The van der Waals surface area contributed by atoms with E-state index in [0.717, 1.165) is 22.0 Å². The highest BCUT2D eigenvalue weighted by Gasteiger charge is 2.10. The van der Waals surface area contributed by atoms with Crippen molar-refractivity contribution < 1.29 is 9.53 Å². The summed E-state index contributed by atoms with van der Waals surface area (Å²) in [6, 6.07) is 9.05. The van der Waals surface area contributed by atoms with Crippen LogP contribution < -0.4 is 10.9 Å². The average molecular weight is 362 g/mol. The second-order valence-electron chi connectivity index (χ2n) is 4.80. The highest BCUT2D eigenvalue weighted by atomic mass is 32.2. The fourth-order valence-electron chi connectivity index (χ4n) is 1.99. The van der Waals surface area contributed by atoms with Crippen molar-refractivity contribution in [2.45, 2.75) is 11.8 Å². The highest BCUT2D eigenvalue weighted by molar-refractivity contribution is 7.99. The number of carbonyl (C=O) groups is 1. The molecule has 0 spiro atoms. The summed E-state index contributed by atoms with van der Waals surface area (Å²) in [4.78, 5) is 34.8. The van der Waals surface area contributed by atoms with Crippen LogP contribution >= 0.6 is 23.1 Å². The second kappa shape index (κ2) is 7.56. The van der Waals surface area contributed by atoms with Crippen LogP contribution in [-0.4, -0.2) is 33.7 Å². The number of anilines is 1. The lowest BCUT2D eigenvalue weighted by molar-refractivity contribution is -0.113. The van der Waals surface area contributed by atoms with Crippen LogP contribution in [0.5, 0.6) is 0 Å². The Hall–Kier alpha value is -2.23. The number of para-hydroxylation sites is 1. The normalized spacial score (nSPS) is 10.9. The molecule has 3 aromatic rings. The quantitative estimate of drug-likeness (QED) is 0.516. The molecule has 1 aromatic carbocycles.